The van der Waals surface area contributed by atoms with Crippen molar-refractivity contribution in [1.29, 1.82) is 0 Å². The van der Waals surface area contributed by atoms with Gasteiger partial charge in [0.05, 0.1) is 21.8 Å². The Morgan fingerprint density at radius 2 is 1.54 bits per heavy atom. The molecule has 0 radical (unpaired) electrons. The van der Waals surface area contributed by atoms with Crippen LogP contribution in [-0.4, -0.2) is 37.1 Å². The van der Waals surface area contributed by atoms with Crippen LogP contribution in [0.2, 0.25) is 0 Å². The van der Waals surface area contributed by atoms with Crippen LogP contribution in [0, 0.1) is 0 Å². The molecule has 0 spiro atoms. The van der Waals surface area contributed by atoms with Crippen LogP contribution in [0.1, 0.15) is 71.0 Å². The molecule has 10 heteroatoms. The molecule has 4 aromatic carbocycles. The number of amides is 2. The summed E-state index contributed by atoms with van der Waals surface area (Å²) in [5.41, 5.74) is 5.81. The van der Waals surface area contributed by atoms with Crippen LogP contribution in [0.25, 0.3) is 22.3 Å². The molecule has 1 atom stereocenters. The summed E-state index contributed by atoms with van der Waals surface area (Å²) < 4.78 is 38.5. The van der Waals surface area contributed by atoms with Gasteiger partial charge in [-0.2, -0.15) is 0 Å². The van der Waals surface area contributed by atoms with E-state index in [9.17, 15) is 22.6 Å². The Bertz CT molecular complexity index is 1920. The van der Waals surface area contributed by atoms with E-state index in [2.05, 4.69) is 34.9 Å². The van der Waals surface area contributed by atoms with Crippen molar-refractivity contribution in [3.8, 4) is 11.3 Å². The Morgan fingerprint density at radius 3 is 2.21 bits per heavy atom. The number of rotatable bonds is 11. The molecule has 1 saturated carbocycles. The van der Waals surface area contributed by atoms with Gasteiger partial charge in [-0.05, 0) is 90.4 Å². The molecule has 1 fully saturated rings. The number of anilines is 1. The molecule has 2 amide bonds. The van der Waals surface area contributed by atoms with E-state index < -0.39 is 27.7 Å². The van der Waals surface area contributed by atoms with E-state index in [1.807, 2.05) is 54.6 Å². The number of nitrogens with one attached hydrogen (secondary N) is 2. The first-order valence-electron chi connectivity index (χ1n) is 16.0. The van der Waals surface area contributed by atoms with Crippen LogP contribution in [0.4, 0.5) is 5.69 Å². The molecule has 5 aromatic rings. The van der Waals surface area contributed by atoms with E-state index in [1.165, 1.54) is 37.7 Å². The summed E-state index contributed by atoms with van der Waals surface area (Å²) in [5.74, 6) is -0.468. The molecule has 1 aromatic heterocycles. The molecule has 1 aliphatic carbocycles. The van der Waals surface area contributed by atoms with Crippen molar-refractivity contribution >= 4 is 38.6 Å². The second-order valence-electron chi connectivity index (χ2n) is 12.2. The van der Waals surface area contributed by atoms with Crippen LogP contribution < -0.4 is 40.2 Å². The maximum Gasteiger partial charge on any atom is 1.00 e. The van der Waals surface area contributed by atoms with E-state index in [4.69, 9.17) is 4.42 Å². The van der Waals surface area contributed by atoms with Crippen LogP contribution >= 0.6 is 0 Å². The number of hydrogen-bond acceptors (Lipinski definition) is 6. The van der Waals surface area contributed by atoms with Crippen molar-refractivity contribution in [2.24, 2.45) is 0 Å². The molecule has 48 heavy (non-hydrogen) atoms. The van der Waals surface area contributed by atoms with Gasteiger partial charge in [0, 0.05) is 28.7 Å². The van der Waals surface area contributed by atoms with E-state index >= 15 is 0 Å². The molecule has 242 valence electrons. The largest absolute Gasteiger partial charge is 1.00 e. The first-order chi connectivity index (χ1) is 22.7. The minimum Gasteiger partial charge on any atom is -0.748 e. The maximum absolute atomic E-state index is 13.9. The van der Waals surface area contributed by atoms with Gasteiger partial charge in [0.1, 0.15) is 11.3 Å². The Labute approximate surface area is 303 Å². The molecule has 1 aliphatic rings. The fraction of sp³-hybridized carbons (Fsp3) is 0.263. The van der Waals surface area contributed by atoms with Crippen LogP contribution in [0.3, 0.4) is 0 Å². The summed E-state index contributed by atoms with van der Waals surface area (Å²) in [5, 5.41) is 6.58. The van der Waals surface area contributed by atoms with Gasteiger partial charge < -0.3 is 19.6 Å². The smallest absolute Gasteiger partial charge is 0.748 e. The van der Waals surface area contributed by atoms with Gasteiger partial charge in [-0.25, -0.2) is 8.42 Å². The summed E-state index contributed by atoms with van der Waals surface area (Å²) in [6.07, 6.45) is 6.58. The number of furan rings is 1. The van der Waals surface area contributed by atoms with Gasteiger partial charge in [0.2, 0.25) is 5.91 Å². The van der Waals surface area contributed by atoms with Gasteiger partial charge in [0.25, 0.3) is 5.91 Å². The number of fused-ring (bicyclic) bond motifs is 1. The SMILES string of the molecule is O=C(NCCS(=O)(=O)[O-])c1ccc(CC(C(=O)Nc2ccc(-c3cc4ccccc4o3)cc2)c2ccc(C3CCCCC3)cc2)cc1.[Na+]. The summed E-state index contributed by atoms with van der Waals surface area (Å²) >= 11 is 0. The Morgan fingerprint density at radius 1 is 0.854 bits per heavy atom. The fourth-order valence-electron chi connectivity index (χ4n) is 6.29. The van der Waals surface area contributed by atoms with Crippen molar-refractivity contribution in [1.82, 2.24) is 5.32 Å². The molecule has 0 bridgehead atoms. The van der Waals surface area contributed by atoms with Gasteiger partial charge in [-0.3, -0.25) is 9.59 Å². The molecule has 0 aliphatic heterocycles. The third kappa shape index (κ3) is 9.24. The first-order valence-corrected chi connectivity index (χ1v) is 17.6. The molecule has 1 unspecified atom stereocenters. The van der Waals surface area contributed by atoms with Gasteiger partial charge in [0.15, 0.2) is 0 Å². The zero-order chi connectivity index (χ0) is 32.8. The van der Waals surface area contributed by atoms with E-state index in [0.29, 0.717) is 23.6 Å². The summed E-state index contributed by atoms with van der Waals surface area (Å²) in [6.45, 7) is -0.259. The van der Waals surface area contributed by atoms with Crippen molar-refractivity contribution in [3.05, 3.63) is 125 Å². The Kier molecular flexibility index (Phi) is 11.9. The Hall–Kier alpha value is -3.73. The summed E-state index contributed by atoms with van der Waals surface area (Å²) in [6, 6.07) is 32.7. The predicted octanol–water partition coefficient (Wildman–Crippen LogP) is 4.39. The summed E-state index contributed by atoms with van der Waals surface area (Å²) in [7, 11) is -4.42. The molecular weight excluding hydrogens is 635 g/mol. The van der Waals surface area contributed by atoms with Crippen molar-refractivity contribution in [2.45, 2.75) is 50.4 Å². The third-order valence-electron chi connectivity index (χ3n) is 8.89. The van der Waals surface area contributed by atoms with E-state index in [-0.39, 0.29) is 42.0 Å². The molecule has 0 saturated heterocycles. The monoisotopic (exact) mass is 672 g/mol. The standard InChI is InChI=1S/C38H38N2O6S.Na/c41-37(39-22-23-47(43,44)45)31-12-10-26(11-13-31)24-34(29-16-14-28(15-17-29)27-6-2-1-3-7-27)38(42)40-33-20-18-30(19-21-33)36-25-32-8-4-5-9-35(32)46-36;/h4-5,8-21,25,27,34H,1-3,6-7,22-24H2,(H,39,41)(H,40,42)(H,43,44,45);/q;+1/p-1. The minimum atomic E-state index is -4.42. The van der Waals surface area contributed by atoms with E-state index in [1.54, 1.807) is 24.3 Å². The molecule has 6 rings (SSSR count). The number of para-hydroxylation sites is 1. The maximum atomic E-state index is 13.9. The average molecular weight is 673 g/mol. The zero-order valence-corrected chi connectivity index (χ0v) is 29.8. The van der Waals surface area contributed by atoms with Crippen molar-refractivity contribution in [3.63, 3.8) is 0 Å². The second-order valence-corrected chi connectivity index (χ2v) is 13.7. The van der Waals surface area contributed by atoms with Crippen LogP contribution in [-0.2, 0) is 21.3 Å². The van der Waals surface area contributed by atoms with Gasteiger partial charge in [-0.1, -0.05) is 73.9 Å². The Balaban J connectivity index is 0.00000451. The average Bonchev–Trinajstić information content (AvgIpc) is 3.52. The molecule has 1 heterocycles. The van der Waals surface area contributed by atoms with Crippen LogP contribution in [0.15, 0.2) is 108 Å². The second kappa shape index (κ2) is 16.1. The zero-order valence-electron chi connectivity index (χ0n) is 27.0. The predicted molar refractivity (Wildman–Crippen MR) is 182 cm³/mol. The number of benzene rings is 4. The van der Waals surface area contributed by atoms with Gasteiger partial charge in [-0.15, -0.1) is 0 Å². The number of hydrogen-bond donors (Lipinski definition) is 2. The van der Waals surface area contributed by atoms with Crippen molar-refractivity contribution < 1.29 is 56.5 Å². The third-order valence-corrected chi connectivity index (χ3v) is 9.59. The van der Waals surface area contributed by atoms with E-state index in [0.717, 1.165) is 33.4 Å². The fourth-order valence-corrected chi connectivity index (χ4v) is 6.64. The topological polar surface area (TPSA) is 129 Å². The number of carbonyl (C=O) groups excluding carboxylic acids is 2. The normalized spacial score (nSPS) is 14.2. The minimum absolute atomic E-state index is 0. The quantitative estimate of drug-likeness (QED) is 0.158. The van der Waals surface area contributed by atoms with Gasteiger partial charge >= 0.3 is 29.6 Å². The van der Waals surface area contributed by atoms with Crippen molar-refractivity contribution in [2.75, 3.05) is 17.6 Å². The molecule has 2 N–H and O–H groups in total. The number of carbonyl (C=O) groups is 2. The van der Waals surface area contributed by atoms with Crippen LogP contribution in [0.5, 0.6) is 0 Å². The first kappa shape index (κ1) is 35.6. The molecular formula is C38H37N2NaO6S. The summed E-state index contributed by atoms with van der Waals surface area (Å²) in [4.78, 5) is 26.3. The molecule has 8 nitrogen and oxygen atoms in total.